The van der Waals surface area contributed by atoms with Crippen LogP contribution < -0.4 is 0 Å². The van der Waals surface area contributed by atoms with Crippen LogP contribution in [0.5, 0.6) is 0 Å². The van der Waals surface area contributed by atoms with E-state index < -0.39 is 0 Å². The first-order valence-corrected chi connectivity index (χ1v) is 8.52. The second-order valence-electron chi connectivity index (χ2n) is 5.90. The summed E-state index contributed by atoms with van der Waals surface area (Å²) in [5.74, 6) is -0.547. The van der Waals surface area contributed by atoms with E-state index >= 15 is 0 Å². The molecule has 0 aliphatic rings. The second-order valence-corrected chi connectivity index (χ2v) is 6.33. The summed E-state index contributed by atoms with van der Waals surface area (Å²) in [7, 11) is 1.34. The molecule has 0 atom stereocenters. The van der Waals surface area contributed by atoms with Crippen molar-refractivity contribution in [3.8, 4) is 0 Å². The number of hydrogen-bond acceptors (Lipinski definition) is 3. The first kappa shape index (κ1) is 18.0. The third-order valence-corrected chi connectivity index (χ3v) is 4.52. The lowest BCUT2D eigenvalue weighted by Gasteiger charge is -2.04. The minimum atomic E-state index is -0.362. The van der Waals surface area contributed by atoms with Crippen molar-refractivity contribution in [2.45, 2.75) is 13.3 Å². The number of halogens is 1. The van der Waals surface area contributed by atoms with Crippen molar-refractivity contribution >= 4 is 40.5 Å². The lowest BCUT2D eigenvalue weighted by atomic mass is 10.1. The Labute approximate surface area is 156 Å². The molecule has 1 heterocycles. The molecule has 0 N–H and O–H groups in total. The third kappa shape index (κ3) is 3.55. The molecule has 4 nitrogen and oxygen atoms in total. The highest BCUT2D eigenvalue weighted by atomic mass is 35.5. The molecule has 1 aromatic heterocycles. The van der Waals surface area contributed by atoms with Gasteiger partial charge in [0, 0.05) is 22.2 Å². The first-order valence-electron chi connectivity index (χ1n) is 8.15. The van der Waals surface area contributed by atoms with Crippen molar-refractivity contribution in [1.82, 2.24) is 4.57 Å². The molecule has 0 bridgehead atoms. The molecule has 26 heavy (non-hydrogen) atoms. The van der Waals surface area contributed by atoms with Crippen molar-refractivity contribution in [2.75, 3.05) is 7.11 Å². The van der Waals surface area contributed by atoms with E-state index in [-0.39, 0.29) is 18.3 Å². The van der Waals surface area contributed by atoms with Crippen LogP contribution in [0.4, 0.5) is 0 Å². The van der Waals surface area contributed by atoms with E-state index in [4.69, 9.17) is 16.3 Å². The number of ether oxygens (including phenoxy) is 1. The Hall–Kier alpha value is -2.85. The summed E-state index contributed by atoms with van der Waals surface area (Å²) in [6.45, 7) is 1.82. The molecule has 3 aromatic rings. The van der Waals surface area contributed by atoms with Crippen LogP contribution in [0.15, 0.2) is 54.6 Å². The first-order chi connectivity index (χ1) is 12.5. The van der Waals surface area contributed by atoms with Gasteiger partial charge in [-0.2, -0.15) is 0 Å². The van der Waals surface area contributed by atoms with Gasteiger partial charge in [-0.1, -0.05) is 41.9 Å². The number of methoxy groups -OCH3 is 1. The average Bonchev–Trinajstić information content (AvgIpc) is 2.92. The van der Waals surface area contributed by atoms with E-state index in [0.717, 1.165) is 16.5 Å². The molecule has 0 radical (unpaired) electrons. The molecule has 5 heteroatoms. The van der Waals surface area contributed by atoms with Crippen LogP contribution in [0, 0.1) is 6.92 Å². The largest absolute Gasteiger partial charge is 0.469 e. The Morgan fingerprint density at radius 1 is 1.15 bits per heavy atom. The van der Waals surface area contributed by atoms with Gasteiger partial charge < -0.3 is 4.74 Å². The van der Waals surface area contributed by atoms with Crippen LogP contribution in [0.1, 0.15) is 21.6 Å². The van der Waals surface area contributed by atoms with Crippen molar-refractivity contribution in [2.24, 2.45) is 0 Å². The van der Waals surface area contributed by atoms with E-state index in [0.29, 0.717) is 16.2 Å². The van der Waals surface area contributed by atoms with Crippen molar-refractivity contribution in [1.29, 1.82) is 0 Å². The van der Waals surface area contributed by atoms with Gasteiger partial charge in [-0.05, 0) is 42.3 Å². The Morgan fingerprint density at radius 2 is 1.88 bits per heavy atom. The SMILES string of the molecule is COC(=O)Cc1c(C)n(C(=O)C=Cc2ccccc2)c2ccc(Cl)cc12. The minimum absolute atomic E-state index is 0.0852. The van der Waals surface area contributed by atoms with E-state index in [1.165, 1.54) is 13.2 Å². The quantitative estimate of drug-likeness (QED) is 0.497. The fourth-order valence-electron chi connectivity index (χ4n) is 2.99. The maximum atomic E-state index is 12.8. The molecule has 132 valence electrons. The summed E-state index contributed by atoms with van der Waals surface area (Å²) in [4.78, 5) is 24.6. The van der Waals surface area contributed by atoms with Crippen LogP contribution in [-0.4, -0.2) is 23.6 Å². The number of fused-ring (bicyclic) bond motifs is 1. The maximum absolute atomic E-state index is 12.8. The molecule has 0 saturated heterocycles. The number of hydrogen-bond donors (Lipinski definition) is 0. The standard InChI is InChI=1S/C21H18ClNO3/c1-14-17(13-21(25)26-2)18-12-16(22)9-10-19(18)23(14)20(24)11-8-15-6-4-3-5-7-15/h3-12H,13H2,1-2H3. The number of rotatable bonds is 4. The number of allylic oxidation sites excluding steroid dienone is 1. The Balaban J connectivity index is 2.07. The molecular formula is C21H18ClNO3. The summed E-state index contributed by atoms with van der Waals surface area (Å²) in [5.41, 5.74) is 3.10. The number of nitrogens with zero attached hydrogens (tertiary/aromatic N) is 1. The van der Waals surface area contributed by atoms with Gasteiger partial charge in [-0.3, -0.25) is 14.2 Å². The molecule has 0 unspecified atom stereocenters. The Bertz CT molecular complexity index is 1000. The van der Waals surface area contributed by atoms with E-state index in [9.17, 15) is 9.59 Å². The zero-order valence-electron chi connectivity index (χ0n) is 14.5. The predicted molar refractivity (Wildman–Crippen MR) is 104 cm³/mol. The van der Waals surface area contributed by atoms with Crippen LogP contribution in [0.3, 0.4) is 0 Å². The van der Waals surface area contributed by atoms with Crippen molar-refractivity contribution < 1.29 is 14.3 Å². The van der Waals surface area contributed by atoms with Gasteiger partial charge in [-0.25, -0.2) is 0 Å². The van der Waals surface area contributed by atoms with Gasteiger partial charge in [0.15, 0.2) is 0 Å². The fraction of sp³-hybridized carbons (Fsp3) is 0.143. The topological polar surface area (TPSA) is 48.3 Å². The number of carbonyl (C=O) groups is 2. The second kappa shape index (κ2) is 7.58. The third-order valence-electron chi connectivity index (χ3n) is 4.28. The van der Waals surface area contributed by atoms with Crippen molar-refractivity contribution in [3.63, 3.8) is 0 Å². The van der Waals surface area contributed by atoms with Gasteiger partial charge >= 0.3 is 5.97 Å². The van der Waals surface area contributed by atoms with Crippen LogP contribution in [0.25, 0.3) is 17.0 Å². The number of esters is 1. The molecule has 2 aromatic carbocycles. The minimum Gasteiger partial charge on any atom is -0.469 e. The Kier molecular flexibility index (Phi) is 5.24. The van der Waals surface area contributed by atoms with Gasteiger partial charge in [0.1, 0.15) is 0 Å². The lowest BCUT2D eigenvalue weighted by molar-refractivity contribution is -0.139. The number of carbonyl (C=O) groups excluding carboxylic acids is 2. The van der Waals surface area contributed by atoms with Crippen LogP contribution in [-0.2, 0) is 16.0 Å². The number of aromatic nitrogens is 1. The lowest BCUT2D eigenvalue weighted by Crippen LogP contribution is -2.10. The maximum Gasteiger partial charge on any atom is 0.310 e. The van der Waals surface area contributed by atoms with Gasteiger partial charge in [0.25, 0.3) is 5.91 Å². The van der Waals surface area contributed by atoms with E-state index in [1.54, 1.807) is 28.8 Å². The average molecular weight is 368 g/mol. The smallest absolute Gasteiger partial charge is 0.310 e. The molecule has 0 saturated carbocycles. The molecule has 0 amide bonds. The molecule has 0 aliphatic heterocycles. The summed E-state index contributed by atoms with van der Waals surface area (Å²) >= 11 is 6.12. The zero-order chi connectivity index (χ0) is 18.7. The van der Waals surface area contributed by atoms with Gasteiger partial charge in [-0.15, -0.1) is 0 Å². The zero-order valence-corrected chi connectivity index (χ0v) is 15.3. The molecule has 0 aliphatic carbocycles. The van der Waals surface area contributed by atoms with Gasteiger partial charge in [0.2, 0.25) is 0 Å². The summed E-state index contributed by atoms with van der Waals surface area (Å²) in [6.07, 6.45) is 3.38. The van der Waals surface area contributed by atoms with E-state index in [2.05, 4.69) is 0 Å². The van der Waals surface area contributed by atoms with Crippen molar-refractivity contribution in [3.05, 3.63) is 76.5 Å². The Morgan fingerprint density at radius 3 is 2.58 bits per heavy atom. The van der Waals surface area contributed by atoms with Crippen LogP contribution >= 0.6 is 11.6 Å². The monoisotopic (exact) mass is 367 g/mol. The highest BCUT2D eigenvalue weighted by Crippen LogP contribution is 2.29. The molecule has 0 spiro atoms. The number of benzene rings is 2. The highest BCUT2D eigenvalue weighted by molar-refractivity contribution is 6.31. The molecule has 0 fully saturated rings. The summed E-state index contributed by atoms with van der Waals surface area (Å²) in [6, 6.07) is 14.9. The molecular weight excluding hydrogens is 350 g/mol. The summed E-state index contributed by atoms with van der Waals surface area (Å²) < 4.78 is 6.38. The predicted octanol–water partition coefficient (Wildman–Crippen LogP) is 4.67. The normalized spacial score (nSPS) is 11.2. The van der Waals surface area contributed by atoms with E-state index in [1.807, 2.05) is 37.3 Å². The molecule has 3 rings (SSSR count). The van der Waals surface area contributed by atoms with Crippen LogP contribution in [0.2, 0.25) is 5.02 Å². The highest BCUT2D eigenvalue weighted by Gasteiger charge is 2.19. The summed E-state index contributed by atoms with van der Waals surface area (Å²) in [5, 5.41) is 1.33. The fourth-order valence-corrected chi connectivity index (χ4v) is 3.16. The van der Waals surface area contributed by atoms with Gasteiger partial charge in [0.05, 0.1) is 19.0 Å².